The zero-order valence-electron chi connectivity index (χ0n) is 9.05. The van der Waals surface area contributed by atoms with Crippen molar-refractivity contribution in [1.29, 1.82) is 0 Å². The van der Waals surface area contributed by atoms with Gasteiger partial charge in [-0.05, 0) is 23.6 Å². The molecule has 0 saturated carbocycles. The number of hydrogen-bond donors (Lipinski definition) is 0. The standard InChI is InChI=1S/C14H12NS/c1-15-9-5-4-7-12(15)14-10-11-6-2-3-8-13(11)16-14/h2-10H,1H3/q+1. The first-order valence-corrected chi connectivity index (χ1v) is 6.10. The number of aromatic nitrogens is 1. The summed E-state index contributed by atoms with van der Waals surface area (Å²) in [6.07, 6.45) is 2.08. The van der Waals surface area contributed by atoms with E-state index in [9.17, 15) is 0 Å². The fourth-order valence-electron chi connectivity index (χ4n) is 1.89. The van der Waals surface area contributed by atoms with Gasteiger partial charge in [0, 0.05) is 16.8 Å². The van der Waals surface area contributed by atoms with Gasteiger partial charge in [-0.25, -0.2) is 4.57 Å². The lowest BCUT2D eigenvalue weighted by atomic mass is 10.2. The number of pyridine rings is 1. The van der Waals surface area contributed by atoms with Crippen molar-refractivity contribution in [3.8, 4) is 10.6 Å². The minimum Gasteiger partial charge on any atom is -0.200 e. The van der Waals surface area contributed by atoms with Crippen molar-refractivity contribution >= 4 is 21.4 Å². The van der Waals surface area contributed by atoms with E-state index in [2.05, 4.69) is 66.3 Å². The number of hydrogen-bond acceptors (Lipinski definition) is 1. The highest BCUT2D eigenvalue weighted by atomic mass is 32.1. The molecule has 0 unspecified atom stereocenters. The summed E-state index contributed by atoms with van der Waals surface area (Å²) in [5, 5.41) is 1.33. The SMILES string of the molecule is C[n+]1ccccc1-c1cc2ccccc2s1. The van der Waals surface area contributed by atoms with Gasteiger partial charge in [0.25, 0.3) is 0 Å². The Hall–Kier alpha value is -1.67. The van der Waals surface area contributed by atoms with Crippen LogP contribution in [0, 0.1) is 0 Å². The molecule has 0 amide bonds. The maximum atomic E-state index is 2.26. The van der Waals surface area contributed by atoms with E-state index in [0.717, 1.165) is 0 Å². The second kappa shape index (κ2) is 3.72. The van der Waals surface area contributed by atoms with Gasteiger partial charge < -0.3 is 0 Å². The zero-order valence-corrected chi connectivity index (χ0v) is 9.87. The smallest absolute Gasteiger partial charge is 0.200 e. The molecule has 0 fully saturated rings. The monoisotopic (exact) mass is 226 g/mol. The van der Waals surface area contributed by atoms with Crippen LogP contribution in [0.4, 0.5) is 0 Å². The summed E-state index contributed by atoms with van der Waals surface area (Å²) in [4.78, 5) is 1.32. The Bertz CT molecular complexity index is 607. The normalized spacial score (nSPS) is 10.8. The molecule has 3 rings (SSSR count). The van der Waals surface area contributed by atoms with Crippen molar-refractivity contribution in [2.24, 2.45) is 7.05 Å². The number of fused-ring (bicyclic) bond motifs is 1. The quantitative estimate of drug-likeness (QED) is 0.560. The van der Waals surface area contributed by atoms with Gasteiger partial charge in [0.05, 0.1) is 4.88 Å². The molecule has 0 aliphatic carbocycles. The highest BCUT2D eigenvalue weighted by molar-refractivity contribution is 7.22. The molecule has 0 bridgehead atoms. The first-order chi connectivity index (χ1) is 7.84. The third-order valence-electron chi connectivity index (χ3n) is 2.73. The van der Waals surface area contributed by atoms with Gasteiger partial charge in [-0.3, -0.25) is 0 Å². The van der Waals surface area contributed by atoms with Gasteiger partial charge in [0.2, 0.25) is 5.69 Å². The molecule has 0 N–H and O–H groups in total. The van der Waals surface area contributed by atoms with E-state index >= 15 is 0 Å². The summed E-state index contributed by atoms with van der Waals surface area (Å²) in [6, 6.07) is 17.1. The predicted molar refractivity (Wildman–Crippen MR) is 68.4 cm³/mol. The predicted octanol–water partition coefficient (Wildman–Crippen LogP) is 3.39. The van der Waals surface area contributed by atoms with Crippen LogP contribution in [0.5, 0.6) is 0 Å². The molecule has 0 saturated heterocycles. The lowest BCUT2D eigenvalue weighted by Gasteiger charge is -1.94. The Morgan fingerprint density at radius 1 is 1.00 bits per heavy atom. The Morgan fingerprint density at radius 2 is 1.81 bits per heavy atom. The minimum atomic E-state index is 1.27. The highest BCUT2D eigenvalue weighted by Gasteiger charge is 2.11. The van der Waals surface area contributed by atoms with Crippen molar-refractivity contribution in [3.05, 3.63) is 54.7 Å². The molecule has 0 spiro atoms. The molecule has 78 valence electrons. The lowest BCUT2D eigenvalue weighted by Crippen LogP contribution is -2.29. The maximum Gasteiger partial charge on any atom is 0.222 e. The third-order valence-corrected chi connectivity index (χ3v) is 3.87. The van der Waals surface area contributed by atoms with Gasteiger partial charge in [-0.1, -0.05) is 18.2 Å². The number of thiophene rings is 1. The molecular weight excluding hydrogens is 214 g/mol. The lowest BCUT2D eigenvalue weighted by molar-refractivity contribution is -0.660. The number of nitrogens with zero attached hydrogens (tertiary/aromatic N) is 1. The van der Waals surface area contributed by atoms with Crippen molar-refractivity contribution in [3.63, 3.8) is 0 Å². The van der Waals surface area contributed by atoms with Crippen molar-refractivity contribution < 1.29 is 4.57 Å². The number of benzene rings is 1. The molecule has 2 aromatic heterocycles. The van der Waals surface area contributed by atoms with Crippen molar-refractivity contribution in [2.45, 2.75) is 0 Å². The van der Waals surface area contributed by atoms with Crippen LogP contribution in [0.25, 0.3) is 20.7 Å². The average molecular weight is 226 g/mol. The number of aryl methyl sites for hydroxylation is 1. The average Bonchev–Trinajstić information content (AvgIpc) is 2.73. The Kier molecular flexibility index (Phi) is 2.22. The van der Waals surface area contributed by atoms with Gasteiger partial charge in [-0.2, -0.15) is 0 Å². The van der Waals surface area contributed by atoms with Crippen LogP contribution in [-0.4, -0.2) is 0 Å². The molecule has 0 atom stereocenters. The van der Waals surface area contributed by atoms with E-state index in [4.69, 9.17) is 0 Å². The third kappa shape index (κ3) is 1.51. The second-order valence-corrected chi connectivity index (χ2v) is 4.93. The van der Waals surface area contributed by atoms with E-state index in [1.807, 2.05) is 11.3 Å². The van der Waals surface area contributed by atoms with Crippen LogP contribution in [0.2, 0.25) is 0 Å². The van der Waals surface area contributed by atoms with Gasteiger partial charge in [0.15, 0.2) is 6.20 Å². The van der Waals surface area contributed by atoms with Crippen molar-refractivity contribution in [1.82, 2.24) is 0 Å². The summed E-state index contributed by atoms with van der Waals surface area (Å²) < 4.78 is 3.51. The van der Waals surface area contributed by atoms with E-state index < -0.39 is 0 Å². The van der Waals surface area contributed by atoms with E-state index in [1.54, 1.807) is 0 Å². The largest absolute Gasteiger partial charge is 0.222 e. The molecule has 2 heteroatoms. The summed E-state index contributed by atoms with van der Waals surface area (Å²) >= 11 is 1.84. The van der Waals surface area contributed by atoms with Crippen LogP contribution in [0.15, 0.2) is 54.7 Å². The Labute approximate surface area is 98.6 Å². The van der Waals surface area contributed by atoms with E-state index in [-0.39, 0.29) is 0 Å². The van der Waals surface area contributed by atoms with Crippen LogP contribution >= 0.6 is 11.3 Å². The molecule has 1 aromatic carbocycles. The maximum absolute atomic E-state index is 2.26. The summed E-state index contributed by atoms with van der Waals surface area (Å²) in [6.45, 7) is 0. The summed E-state index contributed by atoms with van der Waals surface area (Å²) in [5.41, 5.74) is 1.27. The van der Waals surface area contributed by atoms with Gasteiger partial charge >= 0.3 is 0 Å². The molecule has 1 nitrogen and oxygen atoms in total. The van der Waals surface area contributed by atoms with Crippen molar-refractivity contribution in [2.75, 3.05) is 0 Å². The molecule has 2 heterocycles. The van der Waals surface area contributed by atoms with Crippen LogP contribution < -0.4 is 4.57 Å². The van der Waals surface area contributed by atoms with Crippen LogP contribution in [0.3, 0.4) is 0 Å². The minimum absolute atomic E-state index is 1.27. The number of rotatable bonds is 1. The van der Waals surface area contributed by atoms with Gasteiger partial charge in [0.1, 0.15) is 7.05 Å². The molecule has 0 aliphatic rings. The topological polar surface area (TPSA) is 3.88 Å². The first kappa shape index (κ1) is 9.55. The van der Waals surface area contributed by atoms with Crippen LogP contribution in [0.1, 0.15) is 0 Å². The molecule has 0 aliphatic heterocycles. The molecule has 16 heavy (non-hydrogen) atoms. The zero-order chi connectivity index (χ0) is 11.0. The van der Waals surface area contributed by atoms with Gasteiger partial charge in [-0.15, -0.1) is 11.3 Å². The highest BCUT2D eigenvalue weighted by Crippen LogP contribution is 2.31. The fraction of sp³-hybridized carbons (Fsp3) is 0.0714. The summed E-state index contributed by atoms with van der Waals surface area (Å²) in [7, 11) is 2.08. The second-order valence-electron chi connectivity index (χ2n) is 3.85. The fourth-order valence-corrected chi connectivity index (χ4v) is 3.02. The Morgan fingerprint density at radius 3 is 2.62 bits per heavy atom. The van der Waals surface area contributed by atoms with E-state index in [0.29, 0.717) is 0 Å². The Balaban J connectivity index is 2.23. The van der Waals surface area contributed by atoms with E-state index in [1.165, 1.54) is 20.7 Å². The molecule has 0 radical (unpaired) electrons. The van der Waals surface area contributed by atoms with Crippen LogP contribution in [-0.2, 0) is 7.05 Å². The molecular formula is C14H12NS+. The first-order valence-electron chi connectivity index (χ1n) is 5.28. The molecule has 3 aromatic rings. The summed E-state index contributed by atoms with van der Waals surface area (Å²) in [5.74, 6) is 0.